The minimum absolute atomic E-state index is 0.0277. The zero-order valence-electron chi connectivity index (χ0n) is 15.2. The van der Waals surface area contributed by atoms with E-state index in [2.05, 4.69) is 15.1 Å². The molecule has 1 amide bonds. The van der Waals surface area contributed by atoms with E-state index in [1.54, 1.807) is 12.1 Å². The number of nitrogens with one attached hydrogen (secondary N) is 1. The number of carbonyl (C=O) groups is 2. The highest BCUT2D eigenvalue weighted by Crippen LogP contribution is 2.21. The minimum atomic E-state index is -0.0285. The van der Waals surface area contributed by atoms with E-state index in [1.807, 2.05) is 12.1 Å². The zero-order valence-corrected chi connectivity index (χ0v) is 15.2. The molecule has 5 heteroatoms. The monoisotopic (exact) mass is 343 g/mol. The third-order valence-electron chi connectivity index (χ3n) is 5.34. The summed E-state index contributed by atoms with van der Waals surface area (Å²) in [7, 11) is 0. The average molecular weight is 343 g/mol. The summed E-state index contributed by atoms with van der Waals surface area (Å²) in [6.07, 6.45) is 6.29. The third-order valence-corrected chi connectivity index (χ3v) is 5.34. The Morgan fingerprint density at radius 2 is 1.84 bits per heavy atom. The number of nitrogens with zero attached hydrogens (tertiary/aromatic N) is 2. The second-order valence-electron chi connectivity index (χ2n) is 7.28. The van der Waals surface area contributed by atoms with Crippen LogP contribution in [0.1, 0.15) is 49.4 Å². The zero-order chi connectivity index (χ0) is 17.6. The molecule has 25 heavy (non-hydrogen) atoms. The van der Waals surface area contributed by atoms with Gasteiger partial charge in [-0.15, -0.1) is 0 Å². The number of benzene rings is 1. The molecule has 1 atom stereocenters. The molecule has 0 aliphatic carbocycles. The topological polar surface area (TPSA) is 52.7 Å². The predicted octanol–water partition coefficient (Wildman–Crippen LogP) is 2.78. The fraction of sp³-hybridized carbons (Fsp3) is 0.600. The molecule has 0 bridgehead atoms. The summed E-state index contributed by atoms with van der Waals surface area (Å²) in [5, 5.41) is 2.93. The van der Waals surface area contributed by atoms with Crippen molar-refractivity contribution in [3.8, 4) is 0 Å². The summed E-state index contributed by atoms with van der Waals surface area (Å²) in [4.78, 5) is 29.1. The third kappa shape index (κ3) is 4.89. The van der Waals surface area contributed by atoms with Gasteiger partial charge in [0.25, 0.3) is 0 Å². The van der Waals surface area contributed by atoms with Crippen LogP contribution in [0.25, 0.3) is 0 Å². The van der Waals surface area contributed by atoms with Gasteiger partial charge in [0.2, 0.25) is 5.91 Å². The SMILES string of the molecule is CC(=O)c1ccccc1NC(=O)CN1CCC[C@@H]1CN1CCCCC1. The van der Waals surface area contributed by atoms with Crippen molar-refractivity contribution in [1.82, 2.24) is 9.80 Å². The van der Waals surface area contributed by atoms with Crippen LogP contribution in [-0.2, 0) is 4.79 Å². The molecular weight excluding hydrogens is 314 g/mol. The summed E-state index contributed by atoms with van der Waals surface area (Å²) in [5.74, 6) is -0.0562. The van der Waals surface area contributed by atoms with Gasteiger partial charge in [-0.05, 0) is 64.4 Å². The van der Waals surface area contributed by atoms with Gasteiger partial charge >= 0.3 is 0 Å². The first-order valence-corrected chi connectivity index (χ1v) is 9.49. The van der Waals surface area contributed by atoms with Gasteiger partial charge in [-0.1, -0.05) is 18.6 Å². The van der Waals surface area contributed by atoms with Gasteiger partial charge in [-0.3, -0.25) is 14.5 Å². The Labute approximate surface area is 150 Å². The van der Waals surface area contributed by atoms with Gasteiger partial charge in [0, 0.05) is 18.2 Å². The van der Waals surface area contributed by atoms with Crippen LogP contribution in [0.4, 0.5) is 5.69 Å². The highest BCUT2D eigenvalue weighted by atomic mass is 16.2. The van der Waals surface area contributed by atoms with Crippen molar-refractivity contribution in [2.24, 2.45) is 0 Å². The molecule has 0 radical (unpaired) electrons. The van der Waals surface area contributed by atoms with Crippen LogP contribution in [0.3, 0.4) is 0 Å². The molecule has 2 aliphatic heterocycles. The number of amides is 1. The summed E-state index contributed by atoms with van der Waals surface area (Å²) in [5.41, 5.74) is 1.19. The standard InChI is InChI=1S/C20H29N3O2/c1-16(24)18-9-3-4-10-19(18)21-20(25)15-23-13-7-8-17(23)14-22-11-5-2-6-12-22/h3-4,9-10,17H,2,5-8,11-15H2,1H3,(H,21,25)/t17-/m1/s1. The van der Waals surface area contributed by atoms with Gasteiger partial charge < -0.3 is 10.2 Å². The second-order valence-corrected chi connectivity index (χ2v) is 7.28. The molecule has 0 aromatic heterocycles. The molecule has 2 saturated heterocycles. The summed E-state index contributed by atoms with van der Waals surface area (Å²) >= 11 is 0. The van der Waals surface area contributed by atoms with E-state index < -0.39 is 0 Å². The fourth-order valence-corrected chi connectivity index (χ4v) is 4.02. The molecule has 136 valence electrons. The maximum atomic E-state index is 12.5. The summed E-state index contributed by atoms with van der Waals surface area (Å²) in [6.45, 7) is 6.40. The lowest BCUT2D eigenvalue weighted by Crippen LogP contribution is -2.44. The van der Waals surface area contributed by atoms with Crippen molar-refractivity contribution in [2.45, 2.75) is 45.1 Å². The van der Waals surface area contributed by atoms with Gasteiger partial charge in [-0.25, -0.2) is 0 Å². The van der Waals surface area contributed by atoms with E-state index in [0.717, 1.165) is 19.5 Å². The van der Waals surface area contributed by atoms with E-state index in [9.17, 15) is 9.59 Å². The predicted molar refractivity (Wildman–Crippen MR) is 100.0 cm³/mol. The highest BCUT2D eigenvalue weighted by Gasteiger charge is 2.28. The van der Waals surface area contributed by atoms with Crippen LogP contribution in [-0.4, -0.2) is 60.3 Å². The number of hydrogen-bond acceptors (Lipinski definition) is 4. The quantitative estimate of drug-likeness (QED) is 0.807. The Morgan fingerprint density at radius 3 is 2.60 bits per heavy atom. The molecule has 1 N–H and O–H groups in total. The molecular formula is C20H29N3O2. The first-order valence-electron chi connectivity index (χ1n) is 9.49. The Bertz CT molecular complexity index is 611. The normalized spacial score (nSPS) is 22.0. The molecule has 2 heterocycles. The first kappa shape index (κ1) is 18.1. The van der Waals surface area contributed by atoms with E-state index in [-0.39, 0.29) is 11.7 Å². The Balaban J connectivity index is 1.55. The maximum absolute atomic E-state index is 12.5. The fourth-order valence-electron chi connectivity index (χ4n) is 4.02. The Morgan fingerprint density at radius 1 is 1.08 bits per heavy atom. The van der Waals surface area contributed by atoms with Crippen molar-refractivity contribution in [2.75, 3.05) is 38.0 Å². The van der Waals surface area contributed by atoms with Gasteiger partial charge in [0.05, 0.1) is 12.2 Å². The Kier molecular flexibility index (Phi) is 6.21. The van der Waals surface area contributed by atoms with Crippen molar-refractivity contribution < 1.29 is 9.59 Å². The van der Waals surface area contributed by atoms with Gasteiger partial charge in [-0.2, -0.15) is 0 Å². The lowest BCUT2D eigenvalue weighted by molar-refractivity contribution is -0.117. The van der Waals surface area contributed by atoms with E-state index >= 15 is 0 Å². The summed E-state index contributed by atoms with van der Waals surface area (Å²) in [6, 6.07) is 7.70. The number of hydrogen-bond donors (Lipinski definition) is 1. The molecule has 5 nitrogen and oxygen atoms in total. The number of Topliss-reactive ketones (excluding diaryl/α,β-unsaturated/α-hetero) is 1. The number of carbonyl (C=O) groups excluding carboxylic acids is 2. The number of piperidine rings is 1. The number of anilines is 1. The van der Waals surface area contributed by atoms with Crippen LogP contribution >= 0.6 is 0 Å². The highest BCUT2D eigenvalue weighted by molar-refractivity contribution is 6.04. The molecule has 0 saturated carbocycles. The lowest BCUT2D eigenvalue weighted by atomic mass is 10.1. The van der Waals surface area contributed by atoms with E-state index in [4.69, 9.17) is 0 Å². The minimum Gasteiger partial charge on any atom is -0.324 e. The maximum Gasteiger partial charge on any atom is 0.238 e. The van der Waals surface area contributed by atoms with Gasteiger partial charge in [0.1, 0.15) is 0 Å². The largest absolute Gasteiger partial charge is 0.324 e. The lowest BCUT2D eigenvalue weighted by Gasteiger charge is -2.32. The number of rotatable bonds is 6. The first-order chi connectivity index (χ1) is 12.1. The van der Waals surface area contributed by atoms with Crippen LogP contribution in [0, 0.1) is 0 Å². The molecule has 0 spiro atoms. The second kappa shape index (κ2) is 8.59. The van der Waals surface area contributed by atoms with Crippen LogP contribution in [0.5, 0.6) is 0 Å². The molecule has 2 aliphatic rings. The molecule has 1 aromatic rings. The van der Waals surface area contributed by atoms with Crippen molar-refractivity contribution >= 4 is 17.4 Å². The summed E-state index contributed by atoms with van der Waals surface area (Å²) < 4.78 is 0. The number of ketones is 1. The Hall–Kier alpha value is -1.72. The van der Waals surface area contributed by atoms with Gasteiger partial charge in [0.15, 0.2) is 5.78 Å². The molecule has 0 unspecified atom stereocenters. The molecule has 1 aromatic carbocycles. The van der Waals surface area contributed by atoms with Crippen molar-refractivity contribution in [3.63, 3.8) is 0 Å². The smallest absolute Gasteiger partial charge is 0.238 e. The molecule has 2 fully saturated rings. The van der Waals surface area contributed by atoms with E-state index in [1.165, 1.54) is 45.7 Å². The number of likely N-dealkylation sites (tertiary alicyclic amines) is 2. The average Bonchev–Trinajstić information content (AvgIpc) is 3.02. The van der Waals surface area contributed by atoms with Crippen molar-refractivity contribution in [1.29, 1.82) is 0 Å². The van der Waals surface area contributed by atoms with Crippen LogP contribution in [0.2, 0.25) is 0 Å². The number of para-hydroxylation sites is 1. The van der Waals surface area contributed by atoms with E-state index in [0.29, 0.717) is 23.8 Å². The van der Waals surface area contributed by atoms with Crippen molar-refractivity contribution in [3.05, 3.63) is 29.8 Å². The van der Waals surface area contributed by atoms with Crippen LogP contribution < -0.4 is 5.32 Å². The van der Waals surface area contributed by atoms with Crippen LogP contribution in [0.15, 0.2) is 24.3 Å². The molecule has 3 rings (SSSR count).